The molecule has 0 bridgehead atoms. The van der Waals surface area contributed by atoms with Crippen LogP contribution in [-0.4, -0.2) is 34.7 Å². The van der Waals surface area contributed by atoms with Crippen LogP contribution in [0.4, 0.5) is 0 Å². The van der Waals surface area contributed by atoms with Gasteiger partial charge in [-0.05, 0) is 12.5 Å². The van der Waals surface area contributed by atoms with E-state index in [0.29, 0.717) is 6.61 Å². The highest BCUT2D eigenvalue weighted by Crippen LogP contribution is 2.14. The van der Waals surface area contributed by atoms with Gasteiger partial charge in [-0.15, -0.1) is 0 Å². The molecule has 0 radical (unpaired) electrons. The molecule has 1 aromatic carbocycles. The number of hydrogen-bond donors (Lipinski definition) is 2. The van der Waals surface area contributed by atoms with Crippen LogP contribution in [0.1, 0.15) is 12.5 Å². The number of benzene rings is 1. The highest BCUT2D eigenvalue weighted by molar-refractivity contribution is 5.94. The van der Waals surface area contributed by atoms with Crippen molar-refractivity contribution in [3.63, 3.8) is 0 Å². The average Bonchev–Trinajstić information content (AvgIpc) is 2.56. The van der Waals surface area contributed by atoms with Crippen LogP contribution < -0.4 is 0 Å². The number of rotatable bonds is 7. The topological polar surface area (TPSA) is 101 Å². The van der Waals surface area contributed by atoms with Gasteiger partial charge < -0.3 is 14.9 Å². The quantitative estimate of drug-likeness (QED) is 0.588. The summed E-state index contributed by atoms with van der Waals surface area (Å²) in [4.78, 5) is 31.6. The number of hydrogen-bond acceptors (Lipinski definition) is 4. The maximum Gasteiger partial charge on any atom is 0.332 e. The Morgan fingerprint density at radius 2 is 1.79 bits per heavy atom. The van der Waals surface area contributed by atoms with Crippen molar-refractivity contribution in [1.29, 1.82) is 0 Å². The van der Waals surface area contributed by atoms with Crippen molar-refractivity contribution in [2.24, 2.45) is 5.92 Å². The van der Waals surface area contributed by atoms with Gasteiger partial charge in [0.05, 0.1) is 6.61 Å². The van der Waals surface area contributed by atoms with Crippen molar-refractivity contribution >= 4 is 24.0 Å². The summed E-state index contributed by atoms with van der Waals surface area (Å²) < 4.78 is 4.43. The summed E-state index contributed by atoms with van der Waals surface area (Å²) in [5.74, 6) is -4.12. The maximum absolute atomic E-state index is 10.9. The molecule has 0 saturated carbocycles. The summed E-state index contributed by atoms with van der Waals surface area (Å²) in [6, 6.07) is 9.03. The number of aliphatic carboxylic acids is 2. The Hall–Kier alpha value is -3.15. The van der Waals surface area contributed by atoms with E-state index in [9.17, 15) is 14.4 Å². The molecule has 0 saturated heterocycles. The molecule has 0 aliphatic carbocycles. The molecule has 0 aromatic heterocycles. The third-order valence-corrected chi connectivity index (χ3v) is 2.65. The summed E-state index contributed by atoms with van der Waals surface area (Å²) in [6.07, 6.45) is 4.02. The number of carboxylic acid groups (broad SMARTS) is 2. The number of carboxylic acids is 2. The average molecular weight is 332 g/mol. The van der Waals surface area contributed by atoms with Crippen molar-refractivity contribution in [3.8, 4) is 0 Å². The van der Waals surface area contributed by atoms with E-state index in [2.05, 4.69) is 17.9 Å². The number of carbonyl (C=O) groups is 3. The first-order chi connectivity index (χ1) is 11.3. The van der Waals surface area contributed by atoms with Gasteiger partial charge in [-0.25, -0.2) is 9.59 Å². The number of esters is 1. The van der Waals surface area contributed by atoms with Crippen LogP contribution in [0.15, 0.2) is 61.2 Å². The van der Waals surface area contributed by atoms with Crippen LogP contribution >= 0.6 is 0 Å². The lowest BCUT2D eigenvalue weighted by molar-refractivity contribution is -0.142. The second-order valence-electron chi connectivity index (χ2n) is 4.37. The second kappa shape index (κ2) is 11.4. The summed E-state index contributed by atoms with van der Waals surface area (Å²) in [5.41, 5.74) is 0.446. The SMILES string of the molecule is C=C(C(=O)O)C(C=Cc1ccccc1)C(=O)O.C=CC(=O)OCC. The Kier molecular flexibility index (Phi) is 9.92. The van der Waals surface area contributed by atoms with Crippen LogP contribution in [0.3, 0.4) is 0 Å². The Labute approximate surface area is 140 Å². The predicted molar refractivity (Wildman–Crippen MR) is 90.2 cm³/mol. The molecule has 6 heteroatoms. The summed E-state index contributed by atoms with van der Waals surface area (Å²) >= 11 is 0. The Balaban J connectivity index is 0.000000640. The van der Waals surface area contributed by atoms with Gasteiger partial charge in [0.15, 0.2) is 0 Å². The lowest BCUT2D eigenvalue weighted by Crippen LogP contribution is -2.18. The van der Waals surface area contributed by atoms with Gasteiger partial charge in [-0.1, -0.05) is 55.6 Å². The molecular weight excluding hydrogens is 312 g/mol. The molecule has 1 aromatic rings. The van der Waals surface area contributed by atoms with E-state index < -0.39 is 17.9 Å². The first kappa shape index (κ1) is 20.9. The molecule has 0 heterocycles. The normalized spacial score (nSPS) is 10.9. The molecule has 0 fully saturated rings. The van der Waals surface area contributed by atoms with Crippen LogP contribution in [0.25, 0.3) is 6.08 Å². The van der Waals surface area contributed by atoms with Crippen molar-refractivity contribution < 1.29 is 29.3 Å². The molecule has 0 aliphatic heterocycles. The van der Waals surface area contributed by atoms with Crippen LogP contribution in [0.5, 0.6) is 0 Å². The summed E-state index contributed by atoms with van der Waals surface area (Å²) in [5, 5.41) is 17.6. The van der Waals surface area contributed by atoms with Crippen molar-refractivity contribution in [3.05, 3.63) is 66.8 Å². The smallest absolute Gasteiger partial charge is 0.332 e. The lowest BCUT2D eigenvalue weighted by atomic mass is 9.99. The van der Waals surface area contributed by atoms with Gasteiger partial charge >= 0.3 is 17.9 Å². The zero-order chi connectivity index (χ0) is 18.5. The predicted octanol–water partition coefficient (Wildman–Crippen LogP) is 2.78. The monoisotopic (exact) mass is 332 g/mol. The molecule has 0 amide bonds. The molecule has 1 atom stereocenters. The van der Waals surface area contributed by atoms with E-state index >= 15 is 0 Å². The van der Waals surface area contributed by atoms with Crippen LogP contribution in [0.2, 0.25) is 0 Å². The maximum atomic E-state index is 10.9. The van der Waals surface area contributed by atoms with Gasteiger partial charge in [0.25, 0.3) is 0 Å². The highest BCUT2D eigenvalue weighted by Gasteiger charge is 2.22. The zero-order valence-electron chi connectivity index (χ0n) is 13.3. The van der Waals surface area contributed by atoms with Gasteiger partial charge in [0.1, 0.15) is 5.92 Å². The molecule has 6 nitrogen and oxygen atoms in total. The number of carbonyl (C=O) groups excluding carboxylic acids is 1. The Morgan fingerprint density at radius 3 is 2.17 bits per heavy atom. The van der Waals surface area contributed by atoms with Gasteiger partial charge in [0.2, 0.25) is 0 Å². The largest absolute Gasteiger partial charge is 0.481 e. The molecule has 0 spiro atoms. The number of ether oxygens (including phenoxy) is 1. The third kappa shape index (κ3) is 8.33. The zero-order valence-corrected chi connectivity index (χ0v) is 13.3. The first-order valence-corrected chi connectivity index (χ1v) is 7.00. The minimum absolute atomic E-state index is 0.357. The fourth-order valence-electron chi connectivity index (χ4n) is 1.45. The van der Waals surface area contributed by atoms with Crippen LogP contribution in [0, 0.1) is 5.92 Å². The van der Waals surface area contributed by atoms with E-state index in [0.717, 1.165) is 11.6 Å². The van der Waals surface area contributed by atoms with Crippen molar-refractivity contribution in [2.45, 2.75) is 6.92 Å². The second-order valence-corrected chi connectivity index (χ2v) is 4.37. The molecule has 0 aliphatic rings. The Morgan fingerprint density at radius 1 is 1.21 bits per heavy atom. The van der Waals surface area contributed by atoms with Gasteiger partial charge in [0, 0.05) is 11.6 Å². The molecule has 1 unspecified atom stereocenters. The lowest BCUT2D eigenvalue weighted by Gasteiger charge is -2.06. The Bertz CT molecular complexity index is 616. The van der Waals surface area contributed by atoms with Crippen LogP contribution in [-0.2, 0) is 19.1 Å². The standard InChI is InChI=1S/C13H12O4.C5H8O2/c1-9(12(14)15)11(13(16)17)8-7-10-5-3-2-4-6-10;1-3-5(6)7-4-2/h2-8,11H,1H2,(H,14,15)(H,16,17);3H,1,4H2,2H3. The molecule has 128 valence electrons. The van der Waals surface area contributed by atoms with Crippen molar-refractivity contribution in [2.75, 3.05) is 6.61 Å². The first-order valence-electron chi connectivity index (χ1n) is 7.00. The van der Waals surface area contributed by atoms with E-state index in [1.165, 1.54) is 6.08 Å². The van der Waals surface area contributed by atoms with Crippen molar-refractivity contribution in [1.82, 2.24) is 0 Å². The minimum Gasteiger partial charge on any atom is -0.481 e. The molecule has 1 rings (SSSR count). The fraction of sp³-hybridized carbons (Fsp3) is 0.167. The third-order valence-electron chi connectivity index (χ3n) is 2.65. The van der Waals surface area contributed by atoms with Gasteiger partial charge in [-0.3, -0.25) is 4.79 Å². The van der Waals surface area contributed by atoms with Gasteiger partial charge in [-0.2, -0.15) is 0 Å². The highest BCUT2D eigenvalue weighted by atomic mass is 16.5. The summed E-state index contributed by atoms with van der Waals surface area (Å²) in [7, 11) is 0. The molecule has 24 heavy (non-hydrogen) atoms. The fourth-order valence-corrected chi connectivity index (χ4v) is 1.45. The van der Waals surface area contributed by atoms with E-state index in [4.69, 9.17) is 10.2 Å². The summed E-state index contributed by atoms with van der Waals surface area (Å²) in [6.45, 7) is 8.63. The molecule has 2 N–H and O–H groups in total. The van der Waals surface area contributed by atoms with E-state index in [-0.39, 0.29) is 11.5 Å². The van der Waals surface area contributed by atoms with E-state index in [1.54, 1.807) is 25.1 Å². The molecular formula is C18H20O6. The van der Waals surface area contributed by atoms with E-state index in [1.807, 2.05) is 18.2 Å². The minimum atomic E-state index is -1.31.